The maximum Gasteiger partial charge on any atom is 0.241 e. The third kappa shape index (κ3) is 4.17. The Labute approximate surface area is 115 Å². The molecule has 1 aromatic carbocycles. The van der Waals surface area contributed by atoms with Crippen molar-refractivity contribution >= 4 is 43.4 Å². The highest BCUT2D eigenvalue weighted by Gasteiger charge is 2.18. The molecule has 0 radical (unpaired) electrons. The highest BCUT2D eigenvalue weighted by Crippen LogP contribution is 2.24. The molecular weight excluding hydrogens is 324 g/mol. The lowest BCUT2D eigenvalue weighted by atomic mass is 10.3. The van der Waals surface area contributed by atoms with Crippen LogP contribution in [0.4, 0.5) is 5.69 Å². The fourth-order valence-electron chi connectivity index (χ4n) is 1.12. The van der Waals surface area contributed by atoms with E-state index in [0.29, 0.717) is 16.7 Å². The average Bonchev–Trinajstić information content (AvgIpc) is 2.25. The molecule has 0 aliphatic carbocycles. The van der Waals surface area contributed by atoms with Crippen LogP contribution in [-0.2, 0) is 10.0 Å². The summed E-state index contributed by atoms with van der Waals surface area (Å²) in [7, 11) is -3.48. The summed E-state index contributed by atoms with van der Waals surface area (Å²) < 4.78 is 27.0. The summed E-state index contributed by atoms with van der Waals surface area (Å²) in [6.07, 6.45) is 1.94. The predicted octanol–water partition coefficient (Wildman–Crippen LogP) is 2.06. The van der Waals surface area contributed by atoms with Crippen LogP contribution in [0, 0.1) is 0 Å². The van der Waals surface area contributed by atoms with Gasteiger partial charge in [-0.3, -0.25) is 0 Å². The van der Waals surface area contributed by atoms with Gasteiger partial charge in [0, 0.05) is 22.0 Å². The van der Waals surface area contributed by atoms with Crippen LogP contribution in [0.15, 0.2) is 27.6 Å². The first-order valence-electron chi connectivity index (χ1n) is 4.94. The Morgan fingerprint density at radius 2 is 2.18 bits per heavy atom. The molecule has 0 bridgehead atoms. The molecule has 0 spiro atoms. The molecule has 1 rings (SSSR count). The van der Waals surface area contributed by atoms with Crippen LogP contribution < -0.4 is 10.5 Å². The first-order chi connectivity index (χ1) is 7.86. The van der Waals surface area contributed by atoms with Crippen LogP contribution in [-0.4, -0.2) is 26.5 Å². The SMILES string of the molecule is CSC(C)CNS(=O)(=O)c1ccc(N)cc1Br. The van der Waals surface area contributed by atoms with E-state index in [2.05, 4.69) is 20.7 Å². The van der Waals surface area contributed by atoms with Crippen LogP contribution >= 0.6 is 27.7 Å². The summed E-state index contributed by atoms with van der Waals surface area (Å²) in [5.41, 5.74) is 6.09. The third-order valence-corrected chi connectivity index (χ3v) is 5.58. The van der Waals surface area contributed by atoms with Gasteiger partial charge in [-0.1, -0.05) is 6.92 Å². The van der Waals surface area contributed by atoms with Crippen LogP contribution in [0.25, 0.3) is 0 Å². The lowest BCUT2D eigenvalue weighted by molar-refractivity contribution is 0.581. The maximum atomic E-state index is 12.0. The van der Waals surface area contributed by atoms with Crippen molar-refractivity contribution < 1.29 is 8.42 Å². The zero-order chi connectivity index (χ0) is 13.1. The van der Waals surface area contributed by atoms with Crippen molar-refractivity contribution in [1.82, 2.24) is 4.72 Å². The zero-order valence-corrected chi connectivity index (χ0v) is 12.8. The van der Waals surface area contributed by atoms with Gasteiger partial charge in [0.1, 0.15) is 0 Å². The standard InChI is InChI=1S/C10H15BrN2O2S2/c1-7(16-2)6-13-17(14,15)10-4-3-8(12)5-9(10)11/h3-5,7,13H,6,12H2,1-2H3. The van der Waals surface area contributed by atoms with Gasteiger partial charge in [-0.15, -0.1) is 0 Å². The van der Waals surface area contributed by atoms with Crippen LogP contribution in [0.5, 0.6) is 0 Å². The summed E-state index contributed by atoms with van der Waals surface area (Å²) in [5.74, 6) is 0. The number of halogens is 1. The smallest absolute Gasteiger partial charge is 0.241 e. The van der Waals surface area contributed by atoms with Crippen LogP contribution in [0.2, 0.25) is 0 Å². The Hall–Kier alpha value is -0.240. The van der Waals surface area contributed by atoms with E-state index in [1.807, 2.05) is 13.2 Å². The minimum Gasteiger partial charge on any atom is -0.399 e. The number of anilines is 1. The molecule has 0 saturated heterocycles. The van der Waals surface area contributed by atoms with E-state index in [4.69, 9.17) is 5.73 Å². The van der Waals surface area contributed by atoms with Crippen molar-refractivity contribution in [2.45, 2.75) is 17.1 Å². The van der Waals surface area contributed by atoms with E-state index in [1.165, 1.54) is 6.07 Å². The van der Waals surface area contributed by atoms with Crippen molar-refractivity contribution in [2.24, 2.45) is 0 Å². The first-order valence-corrected chi connectivity index (χ1v) is 8.50. The molecular formula is C10H15BrN2O2S2. The van der Waals surface area contributed by atoms with E-state index in [9.17, 15) is 8.42 Å². The van der Waals surface area contributed by atoms with Gasteiger partial charge in [0.05, 0.1) is 4.90 Å². The molecule has 7 heteroatoms. The molecule has 96 valence electrons. The van der Waals surface area contributed by atoms with Crippen molar-refractivity contribution in [3.05, 3.63) is 22.7 Å². The Balaban J connectivity index is 2.90. The lowest BCUT2D eigenvalue weighted by Crippen LogP contribution is -2.29. The van der Waals surface area contributed by atoms with Gasteiger partial charge < -0.3 is 5.73 Å². The van der Waals surface area contributed by atoms with E-state index in [0.717, 1.165) is 0 Å². The average molecular weight is 339 g/mol. The summed E-state index contributed by atoms with van der Waals surface area (Å²) in [5, 5.41) is 0.234. The predicted molar refractivity (Wildman–Crippen MR) is 76.7 cm³/mol. The molecule has 0 fully saturated rings. The highest BCUT2D eigenvalue weighted by atomic mass is 79.9. The van der Waals surface area contributed by atoms with Crippen molar-refractivity contribution in [2.75, 3.05) is 18.5 Å². The number of hydrogen-bond donors (Lipinski definition) is 2. The van der Waals surface area contributed by atoms with Crippen molar-refractivity contribution in [3.8, 4) is 0 Å². The Kier molecular flexibility index (Phi) is 5.30. The second-order valence-corrected chi connectivity index (χ2v) is 7.45. The van der Waals surface area contributed by atoms with Crippen molar-refractivity contribution in [1.29, 1.82) is 0 Å². The van der Waals surface area contributed by atoms with Gasteiger partial charge in [-0.05, 0) is 40.4 Å². The number of sulfonamides is 1. The molecule has 4 nitrogen and oxygen atoms in total. The molecule has 0 heterocycles. The quantitative estimate of drug-likeness (QED) is 0.806. The zero-order valence-electron chi connectivity index (χ0n) is 9.60. The van der Waals surface area contributed by atoms with E-state index < -0.39 is 10.0 Å². The highest BCUT2D eigenvalue weighted by molar-refractivity contribution is 9.10. The minimum atomic E-state index is -3.48. The van der Waals surface area contributed by atoms with Gasteiger partial charge in [0.25, 0.3) is 0 Å². The van der Waals surface area contributed by atoms with Gasteiger partial charge in [-0.25, -0.2) is 13.1 Å². The molecule has 0 amide bonds. The largest absolute Gasteiger partial charge is 0.399 e. The van der Waals surface area contributed by atoms with Gasteiger partial charge in [0.2, 0.25) is 10.0 Å². The number of nitrogen functional groups attached to an aromatic ring is 1. The molecule has 17 heavy (non-hydrogen) atoms. The normalized spacial score (nSPS) is 13.6. The summed E-state index contributed by atoms with van der Waals surface area (Å²) in [4.78, 5) is 0.208. The van der Waals surface area contributed by atoms with Crippen LogP contribution in [0.3, 0.4) is 0 Å². The fourth-order valence-corrected chi connectivity index (χ4v) is 3.70. The minimum absolute atomic E-state index is 0.208. The Morgan fingerprint density at radius 1 is 1.53 bits per heavy atom. The molecule has 0 aromatic heterocycles. The summed E-state index contributed by atoms with van der Waals surface area (Å²) in [6, 6.07) is 4.63. The van der Waals surface area contributed by atoms with Crippen molar-refractivity contribution in [3.63, 3.8) is 0 Å². The molecule has 1 unspecified atom stereocenters. The van der Waals surface area contributed by atoms with Gasteiger partial charge in [0.15, 0.2) is 0 Å². The molecule has 1 atom stereocenters. The van der Waals surface area contributed by atoms with Crippen LogP contribution in [0.1, 0.15) is 6.92 Å². The molecule has 0 aliphatic heterocycles. The lowest BCUT2D eigenvalue weighted by Gasteiger charge is -2.11. The molecule has 0 aliphatic rings. The number of nitrogens with two attached hydrogens (primary N) is 1. The molecule has 3 N–H and O–H groups in total. The number of benzene rings is 1. The molecule has 1 aromatic rings. The monoisotopic (exact) mass is 338 g/mol. The topological polar surface area (TPSA) is 72.2 Å². The third-order valence-electron chi connectivity index (χ3n) is 2.21. The van der Waals surface area contributed by atoms with E-state index in [1.54, 1.807) is 23.9 Å². The second kappa shape index (κ2) is 6.08. The van der Waals surface area contributed by atoms with Gasteiger partial charge >= 0.3 is 0 Å². The number of rotatable bonds is 5. The molecule has 0 saturated carbocycles. The Morgan fingerprint density at radius 3 is 2.71 bits per heavy atom. The van der Waals surface area contributed by atoms with E-state index >= 15 is 0 Å². The number of nitrogens with one attached hydrogen (secondary N) is 1. The van der Waals surface area contributed by atoms with Gasteiger partial charge in [-0.2, -0.15) is 11.8 Å². The Bertz CT molecular complexity index is 491. The maximum absolute atomic E-state index is 12.0. The summed E-state index contributed by atoms with van der Waals surface area (Å²) >= 11 is 4.81. The van der Waals surface area contributed by atoms with E-state index in [-0.39, 0.29) is 10.1 Å². The number of thioether (sulfide) groups is 1. The number of hydrogen-bond acceptors (Lipinski definition) is 4. The summed E-state index contributed by atoms with van der Waals surface area (Å²) in [6.45, 7) is 2.37. The second-order valence-electron chi connectivity index (χ2n) is 3.59. The first kappa shape index (κ1) is 14.8. The fraction of sp³-hybridized carbons (Fsp3) is 0.400.